The van der Waals surface area contributed by atoms with Crippen LogP contribution in [-0.2, 0) is 9.53 Å². The first-order valence-electron chi connectivity index (χ1n) is 7.42. The molecule has 3 aromatic rings. The first kappa shape index (κ1) is 16.8. The zero-order chi connectivity index (χ0) is 18.0. The summed E-state index contributed by atoms with van der Waals surface area (Å²) in [4.78, 5) is 24.0. The number of aryl methyl sites for hydroxylation is 1. The number of ether oxygens (including phenoxy) is 1. The fraction of sp³-hybridized carbons (Fsp3) is 0.267. The molecule has 2 amide bonds. The molecule has 130 valence electrons. The minimum atomic E-state index is -0.740. The third-order valence-corrected chi connectivity index (χ3v) is 4.36. The molecule has 1 atom stereocenters. The number of benzene rings is 1. The first-order chi connectivity index (χ1) is 12.0. The quantitative estimate of drug-likeness (QED) is 0.687. The molecule has 3 rings (SSSR count). The minimum absolute atomic E-state index is 0.496. The summed E-state index contributed by atoms with van der Waals surface area (Å²) < 4.78 is 6.24. The van der Waals surface area contributed by atoms with Gasteiger partial charge in [0.2, 0.25) is 4.96 Å². The van der Waals surface area contributed by atoms with Crippen molar-refractivity contribution < 1.29 is 14.3 Å². The normalized spacial score (nSPS) is 12.0. The molecule has 1 unspecified atom stereocenters. The van der Waals surface area contributed by atoms with E-state index < -0.39 is 18.0 Å². The number of methoxy groups -OCH3 is 1. The number of amides is 2. The van der Waals surface area contributed by atoms with E-state index in [0.29, 0.717) is 16.5 Å². The SMILES string of the molecule is COC(=O)C(C)NC(=O)Nc1cccc(-c2nn3c(C)nnc3s2)c1. The van der Waals surface area contributed by atoms with Gasteiger partial charge in [0.15, 0.2) is 5.82 Å². The van der Waals surface area contributed by atoms with E-state index in [4.69, 9.17) is 0 Å². The van der Waals surface area contributed by atoms with E-state index in [-0.39, 0.29) is 0 Å². The monoisotopic (exact) mass is 360 g/mol. The van der Waals surface area contributed by atoms with Gasteiger partial charge >= 0.3 is 12.0 Å². The lowest BCUT2D eigenvalue weighted by atomic mass is 10.2. The third kappa shape index (κ3) is 3.58. The molecule has 0 saturated heterocycles. The van der Waals surface area contributed by atoms with Crippen molar-refractivity contribution in [2.75, 3.05) is 12.4 Å². The van der Waals surface area contributed by atoms with Gasteiger partial charge in [-0.3, -0.25) is 0 Å². The molecule has 0 fully saturated rings. The highest BCUT2D eigenvalue weighted by atomic mass is 32.1. The molecule has 9 nitrogen and oxygen atoms in total. The summed E-state index contributed by atoms with van der Waals surface area (Å²) in [6.07, 6.45) is 0. The number of carbonyl (C=O) groups is 2. The van der Waals surface area contributed by atoms with Crippen LogP contribution in [0.1, 0.15) is 12.7 Å². The number of rotatable bonds is 4. The summed E-state index contributed by atoms with van der Waals surface area (Å²) in [6, 6.07) is 6.01. The largest absolute Gasteiger partial charge is 0.467 e. The molecule has 25 heavy (non-hydrogen) atoms. The summed E-state index contributed by atoms with van der Waals surface area (Å²) in [7, 11) is 1.27. The van der Waals surface area contributed by atoms with Crippen LogP contribution in [0.3, 0.4) is 0 Å². The maximum Gasteiger partial charge on any atom is 0.328 e. The van der Waals surface area contributed by atoms with E-state index in [1.807, 2.05) is 19.1 Å². The predicted octanol–water partition coefficient (Wildman–Crippen LogP) is 1.84. The van der Waals surface area contributed by atoms with Crippen LogP contribution in [-0.4, -0.2) is 45.0 Å². The van der Waals surface area contributed by atoms with Crippen LogP contribution in [0.5, 0.6) is 0 Å². The number of carbonyl (C=O) groups excluding carboxylic acids is 2. The second-order valence-corrected chi connectivity index (χ2v) is 6.23. The number of anilines is 1. The Morgan fingerprint density at radius 3 is 2.84 bits per heavy atom. The second kappa shape index (κ2) is 6.85. The second-order valence-electron chi connectivity index (χ2n) is 5.27. The van der Waals surface area contributed by atoms with Crippen LogP contribution >= 0.6 is 11.3 Å². The van der Waals surface area contributed by atoms with Crippen LogP contribution in [0.4, 0.5) is 10.5 Å². The van der Waals surface area contributed by atoms with Gasteiger partial charge in [0, 0.05) is 11.3 Å². The van der Waals surface area contributed by atoms with E-state index in [2.05, 4.69) is 30.7 Å². The molecule has 2 N–H and O–H groups in total. The van der Waals surface area contributed by atoms with Gasteiger partial charge in [-0.15, -0.1) is 10.2 Å². The van der Waals surface area contributed by atoms with Crippen LogP contribution in [0.25, 0.3) is 15.5 Å². The molecule has 0 aliphatic heterocycles. The molecule has 0 spiro atoms. The molecule has 0 bridgehead atoms. The molecule has 0 saturated carbocycles. The van der Waals surface area contributed by atoms with Crippen molar-refractivity contribution >= 4 is 34.0 Å². The summed E-state index contributed by atoms with van der Waals surface area (Å²) in [5, 5.41) is 18.4. The predicted molar refractivity (Wildman–Crippen MR) is 92.5 cm³/mol. The Balaban J connectivity index is 1.75. The van der Waals surface area contributed by atoms with Gasteiger partial charge in [0.1, 0.15) is 11.0 Å². The van der Waals surface area contributed by atoms with E-state index >= 15 is 0 Å². The number of hydrogen-bond acceptors (Lipinski definition) is 7. The smallest absolute Gasteiger partial charge is 0.328 e. The number of nitrogens with one attached hydrogen (secondary N) is 2. The van der Waals surface area contributed by atoms with Crippen molar-refractivity contribution in [3.63, 3.8) is 0 Å². The lowest BCUT2D eigenvalue weighted by Crippen LogP contribution is -2.41. The molecule has 10 heteroatoms. The highest BCUT2D eigenvalue weighted by Crippen LogP contribution is 2.27. The van der Waals surface area contributed by atoms with E-state index in [0.717, 1.165) is 10.6 Å². The summed E-state index contributed by atoms with van der Waals surface area (Å²) in [5.74, 6) is 0.196. The minimum Gasteiger partial charge on any atom is -0.467 e. The molecule has 2 heterocycles. The maximum absolute atomic E-state index is 12.0. The maximum atomic E-state index is 12.0. The number of nitrogens with zero attached hydrogens (tertiary/aromatic N) is 4. The molecular formula is C15H16N6O3S. The van der Waals surface area contributed by atoms with Gasteiger partial charge in [0.05, 0.1) is 7.11 Å². The number of esters is 1. The van der Waals surface area contributed by atoms with Gasteiger partial charge in [-0.1, -0.05) is 23.5 Å². The van der Waals surface area contributed by atoms with Crippen molar-refractivity contribution in [3.05, 3.63) is 30.1 Å². The summed E-state index contributed by atoms with van der Waals surface area (Å²) in [6.45, 7) is 3.37. The Hall–Kier alpha value is -3.01. The number of fused-ring (bicyclic) bond motifs is 1. The van der Waals surface area contributed by atoms with E-state index in [1.54, 1.807) is 23.6 Å². The first-order valence-corrected chi connectivity index (χ1v) is 8.24. The molecule has 1 aromatic carbocycles. The Morgan fingerprint density at radius 2 is 2.12 bits per heavy atom. The Morgan fingerprint density at radius 1 is 1.32 bits per heavy atom. The Bertz CT molecular complexity index is 934. The van der Waals surface area contributed by atoms with Gasteiger partial charge in [-0.2, -0.15) is 9.61 Å². The standard InChI is InChI=1S/C15H16N6O3S/c1-8(13(22)24-3)16-14(23)17-11-6-4-5-10(7-11)12-20-21-9(2)18-19-15(21)25-12/h4-8H,1-3H3,(H2,16,17,23). The Labute approximate surface area is 147 Å². The van der Waals surface area contributed by atoms with E-state index in [9.17, 15) is 9.59 Å². The van der Waals surface area contributed by atoms with Gasteiger partial charge in [0.25, 0.3) is 0 Å². The van der Waals surface area contributed by atoms with Crippen LogP contribution in [0, 0.1) is 6.92 Å². The van der Waals surface area contributed by atoms with Crippen molar-refractivity contribution in [2.45, 2.75) is 19.9 Å². The van der Waals surface area contributed by atoms with Crippen molar-refractivity contribution in [3.8, 4) is 10.6 Å². The molecular weight excluding hydrogens is 344 g/mol. The third-order valence-electron chi connectivity index (χ3n) is 3.42. The molecule has 0 aliphatic rings. The van der Waals surface area contributed by atoms with Crippen molar-refractivity contribution in [2.24, 2.45) is 0 Å². The fourth-order valence-corrected chi connectivity index (χ4v) is 3.04. The zero-order valence-electron chi connectivity index (χ0n) is 13.8. The lowest BCUT2D eigenvalue weighted by Gasteiger charge is -2.12. The zero-order valence-corrected chi connectivity index (χ0v) is 14.6. The van der Waals surface area contributed by atoms with Crippen molar-refractivity contribution in [1.82, 2.24) is 25.1 Å². The molecule has 0 radical (unpaired) electrons. The van der Waals surface area contributed by atoms with Crippen molar-refractivity contribution in [1.29, 1.82) is 0 Å². The fourth-order valence-electron chi connectivity index (χ4n) is 2.16. The molecule has 0 aliphatic carbocycles. The van der Waals surface area contributed by atoms with E-state index in [1.165, 1.54) is 18.4 Å². The number of hydrogen-bond donors (Lipinski definition) is 2. The molecule has 2 aromatic heterocycles. The van der Waals surface area contributed by atoms with Crippen LogP contribution < -0.4 is 10.6 Å². The summed E-state index contributed by atoms with van der Waals surface area (Å²) >= 11 is 1.41. The average molecular weight is 360 g/mol. The van der Waals surface area contributed by atoms with Crippen LogP contribution in [0.2, 0.25) is 0 Å². The number of urea groups is 1. The van der Waals surface area contributed by atoms with Gasteiger partial charge in [-0.05, 0) is 26.0 Å². The lowest BCUT2D eigenvalue weighted by molar-refractivity contribution is -0.142. The highest BCUT2D eigenvalue weighted by molar-refractivity contribution is 7.19. The average Bonchev–Trinajstić information content (AvgIpc) is 3.16. The van der Waals surface area contributed by atoms with Gasteiger partial charge < -0.3 is 15.4 Å². The summed E-state index contributed by atoms with van der Waals surface area (Å²) in [5.41, 5.74) is 1.42. The number of aromatic nitrogens is 4. The topological polar surface area (TPSA) is 111 Å². The highest BCUT2D eigenvalue weighted by Gasteiger charge is 2.16. The van der Waals surface area contributed by atoms with Gasteiger partial charge in [-0.25, -0.2) is 9.59 Å². The van der Waals surface area contributed by atoms with Crippen LogP contribution in [0.15, 0.2) is 24.3 Å². The Kier molecular flexibility index (Phi) is 4.61.